The second-order valence-electron chi connectivity index (χ2n) is 2.29. The van der Waals surface area contributed by atoms with Gasteiger partial charge in [0.2, 0.25) is 0 Å². The molecule has 0 saturated heterocycles. The third kappa shape index (κ3) is 2.37. The highest BCUT2D eigenvalue weighted by Crippen LogP contribution is 2.27. The van der Waals surface area contributed by atoms with Gasteiger partial charge in [-0.05, 0) is 22.0 Å². The van der Waals surface area contributed by atoms with Crippen molar-refractivity contribution in [2.75, 3.05) is 0 Å². The van der Waals surface area contributed by atoms with Gasteiger partial charge in [0.1, 0.15) is 5.82 Å². The van der Waals surface area contributed by atoms with Crippen molar-refractivity contribution in [2.24, 2.45) is 0 Å². The fraction of sp³-hybridized carbons (Fsp3) is 0.143. The molecule has 70 valence electrons. The largest absolute Gasteiger partial charge is 0.276 e. The van der Waals surface area contributed by atoms with Gasteiger partial charge in [0.15, 0.2) is 0 Å². The summed E-state index contributed by atoms with van der Waals surface area (Å²) in [6.45, 7) is 0. The molecule has 0 aliphatic carbocycles. The second kappa shape index (κ2) is 4.32. The Labute approximate surface area is 95.7 Å². The predicted octanol–water partition coefficient (Wildman–Crippen LogP) is 3.43. The van der Waals surface area contributed by atoms with E-state index in [2.05, 4.69) is 15.9 Å². The molecule has 0 atom stereocenters. The van der Waals surface area contributed by atoms with Crippen LogP contribution in [0.1, 0.15) is 5.56 Å². The van der Waals surface area contributed by atoms with Gasteiger partial charge in [0.05, 0.1) is 15.5 Å². The smallest absolute Gasteiger partial charge is 0.258 e. The fourth-order valence-corrected chi connectivity index (χ4v) is 1.86. The van der Waals surface area contributed by atoms with Gasteiger partial charge in [-0.3, -0.25) is 10.1 Å². The zero-order valence-electron chi connectivity index (χ0n) is 6.26. The third-order valence-electron chi connectivity index (χ3n) is 1.46. The van der Waals surface area contributed by atoms with Gasteiger partial charge in [-0.15, -0.1) is 0 Å². The Morgan fingerprint density at radius 2 is 2.23 bits per heavy atom. The minimum atomic E-state index is -0.611. The van der Waals surface area contributed by atoms with E-state index in [9.17, 15) is 14.5 Å². The predicted molar refractivity (Wildman–Crippen MR) is 58.5 cm³/mol. The number of rotatable bonds is 2. The lowest BCUT2D eigenvalue weighted by atomic mass is 10.2. The Kier molecular flexibility index (Phi) is 3.60. The molecule has 0 amide bonds. The number of halogens is 3. The average molecular weight is 360 g/mol. The molecule has 6 heteroatoms. The van der Waals surface area contributed by atoms with Gasteiger partial charge < -0.3 is 0 Å². The quantitative estimate of drug-likeness (QED) is 0.351. The summed E-state index contributed by atoms with van der Waals surface area (Å²) in [6.07, 6.45) is 0. The monoisotopic (exact) mass is 359 g/mol. The van der Waals surface area contributed by atoms with Crippen LogP contribution < -0.4 is 0 Å². The average Bonchev–Trinajstić information content (AvgIpc) is 2.08. The molecule has 13 heavy (non-hydrogen) atoms. The molecule has 0 unspecified atom stereocenters. The van der Waals surface area contributed by atoms with Crippen LogP contribution in [0.2, 0.25) is 0 Å². The minimum absolute atomic E-state index is 0.171. The SMILES string of the molecule is O=[N+]([O-])c1cc(F)c(Br)cc1CI. The molecule has 0 heterocycles. The molecular weight excluding hydrogens is 356 g/mol. The van der Waals surface area contributed by atoms with Gasteiger partial charge in [-0.2, -0.15) is 0 Å². The van der Waals surface area contributed by atoms with E-state index >= 15 is 0 Å². The maximum atomic E-state index is 12.9. The number of nitro groups is 1. The molecule has 0 aliphatic heterocycles. The van der Waals surface area contributed by atoms with Crippen molar-refractivity contribution in [1.29, 1.82) is 0 Å². The number of hydrogen-bond donors (Lipinski definition) is 0. The summed E-state index contributed by atoms with van der Waals surface area (Å²) < 4.78 is 13.6. The van der Waals surface area contributed by atoms with E-state index in [1.54, 1.807) is 0 Å². The van der Waals surface area contributed by atoms with Crippen molar-refractivity contribution < 1.29 is 9.31 Å². The molecule has 1 rings (SSSR count). The molecule has 0 aliphatic rings. The van der Waals surface area contributed by atoms with Crippen LogP contribution >= 0.6 is 38.5 Å². The number of benzene rings is 1. The zero-order valence-corrected chi connectivity index (χ0v) is 10.0. The van der Waals surface area contributed by atoms with E-state index in [0.717, 1.165) is 6.07 Å². The van der Waals surface area contributed by atoms with Crippen LogP contribution in [0.3, 0.4) is 0 Å². The topological polar surface area (TPSA) is 43.1 Å². The van der Waals surface area contributed by atoms with Gasteiger partial charge in [0, 0.05) is 9.99 Å². The molecule has 0 fully saturated rings. The molecule has 3 nitrogen and oxygen atoms in total. The van der Waals surface area contributed by atoms with Crippen LogP contribution in [-0.2, 0) is 4.43 Å². The van der Waals surface area contributed by atoms with Crippen molar-refractivity contribution in [1.82, 2.24) is 0 Å². The number of nitrogens with zero attached hydrogens (tertiary/aromatic N) is 1. The lowest BCUT2D eigenvalue weighted by Gasteiger charge is -2.00. The summed E-state index contributed by atoms with van der Waals surface area (Å²) >= 11 is 4.96. The molecule has 0 bridgehead atoms. The van der Waals surface area contributed by atoms with E-state index in [1.807, 2.05) is 22.6 Å². The first-order valence-corrected chi connectivity index (χ1v) is 5.56. The maximum Gasteiger partial charge on any atom is 0.276 e. The Bertz CT molecular complexity index is 359. The summed E-state index contributed by atoms with van der Waals surface area (Å²) in [5.41, 5.74) is 0.342. The number of nitro benzene ring substituents is 1. The highest BCUT2D eigenvalue weighted by molar-refractivity contribution is 14.1. The Morgan fingerprint density at radius 1 is 1.62 bits per heavy atom. The van der Waals surface area contributed by atoms with Crippen molar-refractivity contribution >= 4 is 44.2 Å². The standard InChI is InChI=1S/C7H4BrFINO2/c8-5-1-4(3-10)7(11(12)13)2-6(5)9/h1-2H,3H2. The normalized spacial score (nSPS) is 10.1. The van der Waals surface area contributed by atoms with Crippen molar-refractivity contribution in [2.45, 2.75) is 4.43 Å². The number of alkyl halides is 1. The molecule has 1 aromatic carbocycles. The van der Waals surface area contributed by atoms with E-state index < -0.39 is 10.7 Å². The van der Waals surface area contributed by atoms with Gasteiger partial charge in [-0.1, -0.05) is 22.6 Å². The summed E-state index contributed by atoms with van der Waals surface area (Å²) in [7, 11) is 0. The summed E-state index contributed by atoms with van der Waals surface area (Å²) in [5.74, 6) is -0.611. The Morgan fingerprint density at radius 3 is 2.69 bits per heavy atom. The highest BCUT2D eigenvalue weighted by atomic mass is 127. The molecule has 0 saturated carbocycles. The summed E-state index contributed by atoms with van der Waals surface area (Å²) in [6, 6.07) is 2.36. The van der Waals surface area contributed by atoms with Gasteiger partial charge >= 0.3 is 0 Å². The molecule has 0 spiro atoms. The fourth-order valence-electron chi connectivity index (χ4n) is 0.855. The first kappa shape index (κ1) is 10.8. The van der Waals surface area contributed by atoms with Crippen LogP contribution in [-0.4, -0.2) is 4.92 Å². The third-order valence-corrected chi connectivity index (χ3v) is 2.89. The minimum Gasteiger partial charge on any atom is -0.258 e. The first-order valence-electron chi connectivity index (χ1n) is 3.24. The maximum absolute atomic E-state index is 12.9. The Balaban J connectivity index is 3.33. The molecular formula is C7H4BrFINO2. The molecule has 0 radical (unpaired) electrons. The van der Waals surface area contributed by atoms with Crippen LogP contribution in [0.5, 0.6) is 0 Å². The lowest BCUT2D eigenvalue weighted by molar-refractivity contribution is -0.385. The van der Waals surface area contributed by atoms with Crippen LogP contribution in [0, 0.1) is 15.9 Å². The van der Waals surface area contributed by atoms with Crippen LogP contribution in [0.25, 0.3) is 0 Å². The van der Waals surface area contributed by atoms with Crippen molar-refractivity contribution in [3.8, 4) is 0 Å². The number of hydrogen-bond acceptors (Lipinski definition) is 2. The lowest BCUT2D eigenvalue weighted by Crippen LogP contribution is -1.95. The van der Waals surface area contributed by atoms with Crippen LogP contribution in [0.4, 0.5) is 10.1 Å². The summed E-state index contributed by atoms with van der Waals surface area (Å²) in [5, 5.41) is 10.5. The van der Waals surface area contributed by atoms with E-state index in [-0.39, 0.29) is 10.2 Å². The highest BCUT2D eigenvalue weighted by Gasteiger charge is 2.16. The van der Waals surface area contributed by atoms with E-state index in [4.69, 9.17) is 0 Å². The molecule has 0 N–H and O–H groups in total. The van der Waals surface area contributed by atoms with Crippen molar-refractivity contribution in [3.05, 3.63) is 38.1 Å². The van der Waals surface area contributed by atoms with Crippen LogP contribution in [0.15, 0.2) is 16.6 Å². The zero-order chi connectivity index (χ0) is 10.0. The second-order valence-corrected chi connectivity index (χ2v) is 3.90. The molecule has 1 aromatic rings. The van der Waals surface area contributed by atoms with Gasteiger partial charge in [-0.25, -0.2) is 4.39 Å². The Hall–Kier alpha value is -0.240. The molecule has 0 aromatic heterocycles. The van der Waals surface area contributed by atoms with Gasteiger partial charge in [0.25, 0.3) is 5.69 Å². The van der Waals surface area contributed by atoms with E-state index in [1.165, 1.54) is 6.07 Å². The van der Waals surface area contributed by atoms with E-state index in [0.29, 0.717) is 9.99 Å². The van der Waals surface area contributed by atoms with Crippen molar-refractivity contribution in [3.63, 3.8) is 0 Å². The first-order chi connectivity index (χ1) is 6.06. The summed E-state index contributed by atoms with van der Waals surface area (Å²) in [4.78, 5) is 9.88.